The largest absolute Gasteiger partial charge is 0.324 e. The van der Waals surface area contributed by atoms with Crippen molar-refractivity contribution in [3.8, 4) is 0 Å². The molecule has 0 fully saturated rings. The third kappa shape index (κ3) is 4.30. The Morgan fingerprint density at radius 2 is 1.39 bits per heavy atom. The van der Waals surface area contributed by atoms with E-state index in [1.807, 2.05) is 30.3 Å². The minimum absolute atomic E-state index is 0.122. The number of hydrogen-bond donors (Lipinski definition) is 1. The summed E-state index contributed by atoms with van der Waals surface area (Å²) in [5.74, 6) is -1.69. The second kappa shape index (κ2) is 8.71. The predicted octanol–water partition coefficient (Wildman–Crippen LogP) is 5.49. The van der Waals surface area contributed by atoms with Gasteiger partial charge in [0.2, 0.25) is 5.91 Å². The van der Waals surface area contributed by atoms with E-state index in [1.165, 1.54) is 12.1 Å². The number of benzene rings is 3. The van der Waals surface area contributed by atoms with Gasteiger partial charge in [-0.25, -0.2) is 0 Å². The molecule has 0 saturated heterocycles. The maximum Gasteiger partial charge on any atom is 0.262 e. The highest BCUT2D eigenvalue weighted by atomic mass is 35.5. The van der Waals surface area contributed by atoms with Crippen molar-refractivity contribution in [2.24, 2.45) is 0 Å². The van der Waals surface area contributed by atoms with Crippen LogP contribution in [0.1, 0.15) is 26.3 Å². The molecule has 0 radical (unpaired) electrons. The summed E-state index contributed by atoms with van der Waals surface area (Å²) >= 11 is 18.0. The van der Waals surface area contributed by atoms with Crippen molar-refractivity contribution in [2.75, 3.05) is 5.32 Å². The molecule has 0 unspecified atom stereocenters. The Morgan fingerprint density at radius 1 is 0.839 bits per heavy atom. The Balaban J connectivity index is 1.70. The molecule has 0 aliphatic carbocycles. The number of imide groups is 1. The van der Waals surface area contributed by atoms with Crippen molar-refractivity contribution < 1.29 is 14.4 Å². The Hall–Kier alpha value is -2.86. The molecule has 1 aliphatic rings. The first-order valence-electron chi connectivity index (χ1n) is 9.32. The molecule has 1 aliphatic heterocycles. The number of halogens is 3. The lowest BCUT2D eigenvalue weighted by atomic mass is 10.0. The first-order valence-corrected chi connectivity index (χ1v) is 10.5. The summed E-state index contributed by atoms with van der Waals surface area (Å²) in [5, 5.41) is 3.60. The molecule has 31 heavy (non-hydrogen) atoms. The highest BCUT2D eigenvalue weighted by Gasteiger charge is 2.43. The number of carbonyl (C=O) groups is 3. The van der Waals surface area contributed by atoms with Crippen LogP contribution in [0.4, 0.5) is 5.69 Å². The molecule has 0 bridgehead atoms. The van der Waals surface area contributed by atoms with Crippen molar-refractivity contribution in [3.05, 3.63) is 98.5 Å². The van der Waals surface area contributed by atoms with Crippen LogP contribution in [-0.4, -0.2) is 28.7 Å². The van der Waals surface area contributed by atoms with Gasteiger partial charge in [0.25, 0.3) is 11.8 Å². The summed E-state index contributed by atoms with van der Waals surface area (Å²) < 4.78 is 0. The second-order valence-electron chi connectivity index (χ2n) is 6.99. The Morgan fingerprint density at radius 3 is 1.94 bits per heavy atom. The van der Waals surface area contributed by atoms with E-state index in [-0.39, 0.29) is 27.6 Å². The third-order valence-corrected chi connectivity index (χ3v) is 5.93. The number of fused-ring (bicyclic) bond motifs is 1. The van der Waals surface area contributed by atoms with Crippen molar-refractivity contribution in [1.29, 1.82) is 0 Å². The molecule has 0 spiro atoms. The van der Waals surface area contributed by atoms with E-state index in [9.17, 15) is 14.4 Å². The van der Waals surface area contributed by atoms with Crippen LogP contribution < -0.4 is 5.32 Å². The van der Waals surface area contributed by atoms with Gasteiger partial charge in [0, 0.05) is 17.1 Å². The molecule has 1 N–H and O–H groups in total. The standard InChI is InChI=1S/C23H15Cl3N2O3/c24-14-6-8-15(9-7-14)27-21(29)20(10-13-4-2-1-3-5-13)28-22(30)16-11-18(25)19(26)12-17(16)23(28)31/h1-9,11-12,20H,10H2,(H,27,29)/t20-/m1/s1. The second-order valence-corrected chi connectivity index (χ2v) is 8.24. The van der Waals surface area contributed by atoms with Gasteiger partial charge in [0.1, 0.15) is 6.04 Å². The van der Waals surface area contributed by atoms with Gasteiger partial charge in [0.05, 0.1) is 21.2 Å². The van der Waals surface area contributed by atoms with E-state index in [4.69, 9.17) is 34.8 Å². The average molecular weight is 474 g/mol. The van der Waals surface area contributed by atoms with Gasteiger partial charge in [-0.2, -0.15) is 0 Å². The lowest BCUT2D eigenvalue weighted by Gasteiger charge is -2.25. The van der Waals surface area contributed by atoms with E-state index in [0.29, 0.717) is 10.7 Å². The fourth-order valence-corrected chi connectivity index (χ4v) is 3.89. The molecule has 156 valence electrons. The highest BCUT2D eigenvalue weighted by molar-refractivity contribution is 6.43. The number of nitrogens with one attached hydrogen (secondary N) is 1. The van der Waals surface area contributed by atoms with Crippen LogP contribution in [0.2, 0.25) is 15.1 Å². The van der Waals surface area contributed by atoms with Crippen LogP contribution in [0, 0.1) is 0 Å². The molecule has 3 aromatic rings. The molecule has 0 saturated carbocycles. The number of rotatable bonds is 5. The number of nitrogens with zero attached hydrogens (tertiary/aromatic N) is 1. The monoisotopic (exact) mass is 472 g/mol. The lowest BCUT2D eigenvalue weighted by Crippen LogP contribution is -2.48. The van der Waals surface area contributed by atoms with Gasteiger partial charge in [-0.3, -0.25) is 19.3 Å². The molecular weight excluding hydrogens is 459 g/mol. The summed E-state index contributed by atoms with van der Waals surface area (Å²) in [6.45, 7) is 0. The van der Waals surface area contributed by atoms with Crippen molar-refractivity contribution in [2.45, 2.75) is 12.5 Å². The average Bonchev–Trinajstić information content (AvgIpc) is 2.99. The van der Waals surface area contributed by atoms with Crippen LogP contribution in [0.3, 0.4) is 0 Å². The van der Waals surface area contributed by atoms with Gasteiger partial charge in [-0.15, -0.1) is 0 Å². The van der Waals surface area contributed by atoms with Crippen molar-refractivity contribution in [1.82, 2.24) is 4.90 Å². The lowest BCUT2D eigenvalue weighted by molar-refractivity contribution is -0.119. The van der Waals surface area contributed by atoms with Crippen LogP contribution >= 0.6 is 34.8 Å². The van der Waals surface area contributed by atoms with Crippen molar-refractivity contribution >= 4 is 58.2 Å². The molecular formula is C23H15Cl3N2O3. The molecule has 8 heteroatoms. The molecule has 1 heterocycles. The predicted molar refractivity (Wildman–Crippen MR) is 121 cm³/mol. The molecule has 3 aromatic carbocycles. The van der Waals surface area contributed by atoms with E-state index in [2.05, 4.69) is 5.32 Å². The molecule has 4 rings (SSSR count). The minimum Gasteiger partial charge on any atom is -0.324 e. The first-order chi connectivity index (χ1) is 14.8. The topological polar surface area (TPSA) is 66.5 Å². The summed E-state index contributed by atoms with van der Waals surface area (Å²) in [6.07, 6.45) is 0.146. The smallest absolute Gasteiger partial charge is 0.262 e. The van der Waals surface area contributed by atoms with Gasteiger partial charge < -0.3 is 5.32 Å². The zero-order chi connectivity index (χ0) is 22.1. The van der Waals surface area contributed by atoms with Gasteiger partial charge in [-0.05, 0) is 42.0 Å². The van der Waals surface area contributed by atoms with Crippen LogP contribution in [0.25, 0.3) is 0 Å². The summed E-state index contributed by atoms with van der Waals surface area (Å²) in [4.78, 5) is 40.4. The maximum absolute atomic E-state index is 13.2. The fourth-order valence-electron chi connectivity index (χ4n) is 3.43. The van der Waals surface area contributed by atoms with Gasteiger partial charge in [-0.1, -0.05) is 65.1 Å². The van der Waals surface area contributed by atoms with E-state index < -0.39 is 23.8 Å². The highest BCUT2D eigenvalue weighted by Crippen LogP contribution is 2.33. The number of hydrogen-bond acceptors (Lipinski definition) is 3. The van der Waals surface area contributed by atoms with Crippen LogP contribution in [0.5, 0.6) is 0 Å². The Labute approximate surface area is 193 Å². The molecule has 5 nitrogen and oxygen atoms in total. The van der Waals surface area contributed by atoms with E-state index in [1.54, 1.807) is 24.3 Å². The van der Waals surface area contributed by atoms with Crippen molar-refractivity contribution in [3.63, 3.8) is 0 Å². The molecule has 3 amide bonds. The SMILES string of the molecule is O=C(Nc1ccc(Cl)cc1)[C@@H](Cc1ccccc1)N1C(=O)c2cc(Cl)c(Cl)cc2C1=O. The number of amides is 3. The Kier molecular flexibility index (Phi) is 6.01. The fraction of sp³-hybridized carbons (Fsp3) is 0.0870. The summed E-state index contributed by atoms with van der Waals surface area (Å²) in [7, 11) is 0. The quantitative estimate of drug-likeness (QED) is 0.498. The zero-order valence-electron chi connectivity index (χ0n) is 15.9. The first kappa shape index (κ1) is 21.4. The minimum atomic E-state index is -1.08. The van der Waals surface area contributed by atoms with Crippen LogP contribution in [-0.2, 0) is 11.2 Å². The summed E-state index contributed by atoms with van der Waals surface area (Å²) in [6, 6.07) is 17.3. The molecule has 0 aromatic heterocycles. The number of anilines is 1. The maximum atomic E-state index is 13.2. The van der Waals surface area contributed by atoms with Gasteiger partial charge >= 0.3 is 0 Å². The zero-order valence-corrected chi connectivity index (χ0v) is 18.2. The molecule has 1 atom stereocenters. The van der Waals surface area contributed by atoms with Gasteiger partial charge in [0.15, 0.2) is 0 Å². The van der Waals surface area contributed by atoms with E-state index in [0.717, 1.165) is 10.5 Å². The Bertz CT molecular complexity index is 1140. The van der Waals surface area contributed by atoms with E-state index >= 15 is 0 Å². The normalized spacial score (nSPS) is 13.8. The van der Waals surface area contributed by atoms with Crippen LogP contribution in [0.15, 0.2) is 66.7 Å². The number of carbonyl (C=O) groups excluding carboxylic acids is 3. The summed E-state index contributed by atoms with van der Waals surface area (Å²) in [5.41, 5.74) is 1.54. The third-order valence-electron chi connectivity index (χ3n) is 4.96.